The third kappa shape index (κ3) is 4.72. The number of nitrogens with zero attached hydrogens (tertiary/aromatic N) is 3. The van der Waals surface area contributed by atoms with Gasteiger partial charge in [-0.05, 0) is 29.8 Å². The fourth-order valence-electron chi connectivity index (χ4n) is 2.80. The van der Waals surface area contributed by atoms with Gasteiger partial charge in [-0.2, -0.15) is 8.78 Å². The van der Waals surface area contributed by atoms with Crippen LogP contribution in [0, 0.1) is 34.9 Å². The molecule has 13 heteroatoms. The number of anilines is 1. The van der Waals surface area contributed by atoms with Gasteiger partial charge >= 0.3 is 0 Å². The molecule has 0 aliphatic carbocycles. The maximum absolute atomic E-state index is 13.7. The lowest BCUT2D eigenvalue weighted by Crippen LogP contribution is -2.12. The summed E-state index contributed by atoms with van der Waals surface area (Å²) < 4.78 is 91.1. The first-order chi connectivity index (χ1) is 16.2. The van der Waals surface area contributed by atoms with Crippen molar-refractivity contribution in [3.05, 3.63) is 94.7 Å². The predicted octanol–water partition coefficient (Wildman–Crippen LogP) is 4.59. The second-order valence-corrected chi connectivity index (χ2v) is 6.80. The highest BCUT2D eigenvalue weighted by atomic mass is 19.2. The van der Waals surface area contributed by atoms with Gasteiger partial charge < -0.3 is 9.15 Å². The van der Waals surface area contributed by atoms with Gasteiger partial charge in [-0.15, -0.1) is 5.10 Å². The summed E-state index contributed by atoms with van der Waals surface area (Å²) in [5.41, 5.74) is 0.744. The summed E-state index contributed by atoms with van der Waals surface area (Å²) in [6.45, 7) is -0.459. The van der Waals surface area contributed by atoms with Crippen LogP contribution in [0.1, 0.15) is 21.9 Å². The number of hydrogen-bond acceptors (Lipinski definition) is 5. The van der Waals surface area contributed by atoms with Gasteiger partial charge in [-0.25, -0.2) is 27.2 Å². The molecule has 0 radical (unpaired) electrons. The van der Waals surface area contributed by atoms with E-state index < -0.39 is 47.3 Å². The fraction of sp³-hybridized carbons (Fsp3) is 0.0952. The highest BCUT2D eigenvalue weighted by molar-refractivity contribution is 6.01. The molecule has 0 spiro atoms. The largest absolute Gasteiger partial charge is 0.479 e. The van der Waals surface area contributed by atoms with E-state index >= 15 is 0 Å². The van der Waals surface area contributed by atoms with Gasteiger partial charge in [0.15, 0.2) is 11.5 Å². The molecule has 0 bridgehead atoms. The summed E-state index contributed by atoms with van der Waals surface area (Å²) >= 11 is 0. The number of hydrogen-bond donors (Lipinski definition) is 1. The number of aromatic nitrogens is 3. The normalized spacial score (nSPS) is 11.0. The molecule has 176 valence electrons. The van der Waals surface area contributed by atoms with E-state index in [1.807, 2.05) is 0 Å². The Labute approximate surface area is 186 Å². The number of carbonyl (C=O) groups is 1. The van der Waals surface area contributed by atoms with Crippen LogP contribution in [0.25, 0.3) is 0 Å². The molecule has 2 heterocycles. The van der Waals surface area contributed by atoms with E-state index in [2.05, 4.69) is 20.1 Å². The monoisotopic (exact) mass is 482 g/mol. The number of nitrogens with one attached hydrogen (secondary N) is 1. The van der Waals surface area contributed by atoms with E-state index in [-0.39, 0.29) is 29.8 Å². The van der Waals surface area contributed by atoms with E-state index in [1.165, 1.54) is 35.3 Å². The molecule has 0 aliphatic rings. The van der Waals surface area contributed by atoms with Crippen LogP contribution >= 0.6 is 0 Å². The topological polar surface area (TPSA) is 82.2 Å². The Bertz CT molecular complexity index is 1320. The number of rotatable bonds is 7. The van der Waals surface area contributed by atoms with Crippen molar-refractivity contribution >= 4 is 11.9 Å². The van der Waals surface area contributed by atoms with Crippen LogP contribution < -0.4 is 10.1 Å². The second-order valence-electron chi connectivity index (χ2n) is 6.80. The zero-order chi connectivity index (χ0) is 24.4. The average molecular weight is 482 g/mol. The molecule has 0 atom stereocenters. The van der Waals surface area contributed by atoms with E-state index in [1.54, 1.807) is 12.1 Å². The van der Waals surface area contributed by atoms with E-state index in [4.69, 9.17) is 4.42 Å². The van der Waals surface area contributed by atoms with Gasteiger partial charge in [0.2, 0.25) is 35.0 Å². The van der Waals surface area contributed by atoms with Gasteiger partial charge in [0.1, 0.15) is 24.5 Å². The van der Waals surface area contributed by atoms with Gasteiger partial charge in [0.25, 0.3) is 5.91 Å². The van der Waals surface area contributed by atoms with Crippen LogP contribution in [0.15, 0.2) is 47.1 Å². The van der Waals surface area contributed by atoms with Gasteiger partial charge in [-0.1, -0.05) is 12.1 Å². The molecule has 0 aliphatic heterocycles. The first-order valence-corrected chi connectivity index (χ1v) is 9.41. The van der Waals surface area contributed by atoms with Crippen LogP contribution in [-0.4, -0.2) is 20.7 Å². The minimum atomic E-state index is -2.31. The van der Waals surface area contributed by atoms with Gasteiger partial charge in [-0.3, -0.25) is 10.1 Å². The number of furan rings is 1. The molecule has 0 unspecified atom stereocenters. The van der Waals surface area contributed by atoms with Crippen LogP contribution in [0.3, 0.4) is 0 Å². The lowest BCUT2D eigenvalue weighted by Gasteiger charge is -2.09. The molecule has 34 heavy (non-hydrogen) atoms. The Morgan fingerprint density at radius 3 is 2.24 bits per heavy atom. The minimum absolute atomic E-state index is 0.0669. The van der Waals surface area contributed by atoms with Crippen molar-refractivity contribution in [3.63, 3.8) is 0 Å². The number of carbonyl (C=O) groups excluding carboxylic acids is 1. The van der Waals surface area contributed by atoms with Gasteiger partial charge in [0.05, 0.1) is 6.54 Å². The number of benzene rings is 2. The summed E-state index contributed by atoms with van der Waals surface area (Å²) in [6, 6.07) is 8.12. The van der Waals surface area contributed by atoms with E-state index in [0.29, 0.717) is 0 Å². The SMILES string of the molecule is O=C(Nc1ncn(Cc2ccc(F)cc2)n1)c1ccc(COc2c(F)c(F)c(F)c(F)c2F)o1. The summed E-state index contributed by atoms with van der Waals surface area (Å²) in [6.07, 6.45) is 1.34. The van der Waals surface area contributed by atoms with Crippen LogP contribution in [0.5, 0.6) is 5.75 Å². The van der Waals surface area contributed by atoms with Crippen molar-refractivity contribution in [2.45, 2.75) is 13.2 Å². The van der Waals surface area contributed by atoms with E-state index in [0.717, 1.165) is 5.56 Å². The summed E-state index contributed by atoms with van der Waals surface area (Å²) in [7, 11) is 0. The molecule has 4 rings (SSSR count). The van der Waals surface area contributed by atoms with E-state index in [9.17, 15) is 31.1 Å². The maximum atomic E-state index is 13.7. The molecular formula is C21H12F6N4O3. The molecule has 0 saturated heterocycles. The van der Waals surface area contributed by atoms with Crippen molar-refractivity contribution in [2.24, 2.45) is 0 Å². The fourth-order valence-corrected chi connectivity index (χ4v) is 2.80. The molecule has 1 amide bonds. The zero-order valence-corrected chi connectivity index (χ0v) is 16.8. The first-order valence-electron chi connectivity index (χ1n) is 9.41. The van der Waals surface area contributed by atoms with Crippen LogP contribution in [0.4, 0.5) is 32.3 Å². The highest BCUT2D eigenvalue weighted by Crippen LogP contribution is 2.29. The highest BCUT2D eigenvalue weighted by Gasteiger charge is 2.27. The smallest absolute Gasteiger partial charge is 0.293 e. The Morgan fingerprint density at radius 1 is 0.912 bits per heavy atom. The third-order valence-corrected chi connectivity index (χ3v) is 4.43. The Morgan fingerprint density at radius 2 is 1.56 bits per heavy atom. The lowest BCUT2D eigenvalue weighted by atomic mass is 10.2. The summed E-state index contributed by atoms with van der Waals surface area (Å²) in [5, 5.41) is 6.41. The maximum Gasteiger partial charge on any atom is 0.293 e. The zero-order valence-electron chi connectivity index (χ0n) is 16.8. The number of ether oxygens (including phenoxy) is 1. The molecule has 1 N–H and O–H groups in total. The van der Waals surface area contributed by atoms with Crippen molar-refractivity contribution in [1.29, 1.82) is 0 Å². The van der Waals surface area contributed by atoms with Crippen molar-refractivity contribution in [3.8, 4) is 5.75 Å². The quantitative estimate of drug-likeness (QED) is 0.237. The molecule has 2 aromatic carbocycles. The molecular weight excluding hydrogens is 470 g/mol. The predicted molar refractivity (Wildman–Crippen MR) is 103 cm³/mol. The molecule has 0 fully saturated rings. The van der Waals surface area contributed by atoms with Crippen molar-refractivity contribution < 1.29 is 40.3 Å². The Kier molecular flexibility index (Phi) is 6.25. The first kappa shape index (κ1) is 22.9. The standard InChI is InChI=1S/C21H12F6N4O3/c22-11-3-1-10(2-4-11)7-31-9-28-21(30-31)29-20(32)13-6-5-12(34-13)8-33-19-17(26)15(24)14(23)16(25)18(19)27/h1-6,9H,7-8H2,(H,29,30,32). The summed E-state index contributed by atoms with van der Waals surface area (Å²) in [5.74, 6) is -14.0. The lowest BCUT2D eigenvalue weighted by molar-refractivity contribution is 0.0991. The Hall–Kier alpha value is -4.29. The molecule has 2 aromatic heterocycles. The molecule has 0 saturated carbocycles. The number of amides is 1. The van der Waals surface area contributed by atoms with Crippen molar-refractivity contribution in [1.82, 2.24) is 14.8 Å². The molecule has 7 nitrogen and oxygen atoms in total. The minimum Gasteiger partial charge on any atom is -0.479 e. The third-order valence-electron chi connectivity index (χ3n) is 4.43. The Balaban J connectivity index is 1.38. The van der Waals surface area contributed by atoms with Crippen molar-refractivity contribution in [2.75, 3.05) is 5.32 Å². The number of halogens is 6. The second kappa shape index (κ2) is 9.29. The molecule has 4 aromatic rings. The van der Waals surface area contributed by atoms with Crippen LogP contribution in [0.2, 0.25) is 0 Å². The van der Waals surface area contributed by atoms with Gasteiger partial charge in [0, 0.05) is 0 Å². The summed E-state index contributed by atoms with van der Waals surface area (Å²) in [4.78, 5) is 16.2. The average Bonchev–Trinajstić information content (AvgIpc) is 3.47. The van der Waals surface area contributed by atoms with Crippen LogP contribution in [-0.2, 0) is 13.2 Å².